The fraction of sp³-hybridized carbons (Fsp3) is 0.385. The van der Waals surface area contributed by atoms with E-state index in [9.17, 15) is 9.59 Å². The van der Waals surface area contributed by atoms with E-state index in [1.807, 2.05) is 13.8 Å². The van der Waals surface area contributed by atoms with Crippen molar-refractivity contribution in [3.8, 4) is 0 Å². The third-order valence-electron chi connectivity index (χ3n) is 2.19. The molecule has 0 aliphatic rings. The minimum absolute atomic E-state index is 0.141. The zero-order valence-corrected chi connectivity index (χ0v) is 13.5. The van der Waals surface area contributed by atoms with Crippen LogP contribution in [-0.2, 0) is 9.59 Å². The molecule has 0 aliphatic carbocycles. The van der Waals surface area contributed by atoms with Gasteiger partial charge in [0.1, 0.15) is 0 Å². The lowest BCUT2D eigenvalue weighted by atomic mass is 10.1. The first kappa shape index (κ1) is 17.1. The molecule has 0 unspecified atom stereocenters. The third-order valence-corrected chi connectivity index (χ3v) is 3.92. The van der Waals surface area contributed by atoms with Crippen molar-refractivity contribution in [3.05, 3.63) is 28.2 Å². The summed E-state index contributed by atoms with van der Waals surface area (Å²) in [6.07, 6.45) is 0.369. The Balaban J connectivity index is 2.36. The zero-order valence-electron chi connectivity index (χ0n) is 11.2. The zero-order chi connectivity index (χ0) is 15.1. The molecule has 1 aromatic carbocycles. The molecule has 1 rings (SSSR count). The van der Waals surface area contributed by atoms with Gasteiger partial charge in [-0.25, -0.2) is 0 Å². The maximum atomic E-state index is 11.6. The highest BCUT2D eigenvalue weighted by Gasteiger charge is 2.09. The van der Waals surface area contributed by atoms with Crippen LogP contribution in [0.3, 0.4) is 0 Å². The number of thioether (sulfide) groups is 1. The van der Waals surface area contributed by atoms with Gasteiger partial charge in [0.2, 0.25) is 11.8 Å². The molecule has 2 amide bonds. The molecule has 0 atom stereocenters. The maximum absolute atomic E-state index is 11.6. The SMILES string of the molecule is CC(C)CC(=O)NNC(=O)CSc1cc(Cl)ccc1Cl. The Hall–Kier alpha value is -0.910. The van der Waals surface area contributed by atoms with Crippen LogP contribution in [-0.4, -0.2) is 17.6 Å². The van der Waals surface area contributed by atoms with Crippen LogP contribution in [0.15, 0.2) is 23.1 Å². The Morgan fingerprint density at radius 1 is 1.20 bits per heavy atom. The van der Waals surface area contributed by atoms with Crippen molar-refractivity contribution < 1.29 is 9.59 Å². The van der Waals surface area contributed by atoms with Crippen molar-refractivity contribution in [2.24, 2.45) is 5.92 Å². The summed E-state index contributed by atoms with van der Waals surface area (Å²) in [4.78, 5) is 23.7. The van der Waals surface area contributed by atoms with Crippen molar-refractivity contribution in [1.82, 2.24) is 10.9 Å². The van der Waals surface area contributed by atoms with Crippen LogP contribution in [0.1, 0.15) is 20.3 Å². The van der Waals surface area contributed by atoms with Gasteiger partial charge in [-0.2, -0.15) is 0 Å². The van der Waals surface area contributed by atoms with E-state index in [0.29, 0.717) is 16.5 Å². The molecule has 0 saturated carbocycles. The molecule has 0 bridgehead atoms. The molecule has 0 saturated heterocycles. The molecular weight excluding hydrogens is 319 g/mol. The van der Waals surface area contributed by atoms with E-state index in [2.05, 4.69) is 10.9 Å². The maximum Gasteiger partial charge on any atom is 0.248 e. The Morgan fingerprint density at radius 2 is 1.85 bits per heavy atom. The number of carbonyl (C=O) groups excluding carboxylic acids is 2. The molecule has 0 heterocycles. The number of nitrogens with one attached hydrogen (secondary N) is 2. The molecule has 0 aliphatic heterocycles. The van der Waals surface area contributed by atoms with Gasteiger partial charge in [0.15, 0.2) is 0 Å². The Morgan fingerprint density at radius 3 is 2.50 bits per heavy atom. The fourth-order valence-corrected chi connectivity index (χ4v) is 2.62. The molecule has 0 spiro atoms. The van der Waals surface area contributed by atoms with Gasteiger partial charge in [-0.1, -0.05) is 37.0 Å². The second-order valence-corrected chi connectivity index (χ2v) is 6.42. The van der Waals surface area contributed by atoms with E-state index in [1.54, 1.807) is 18.2 Å². The van der Waals surface area contributed by atoms with Gasteiger partial charge in [-0.15, -0.1) is 11.8 Å². The standard InChI is InChI=1S/C13H16Cl2N2O2S/c1-8(2)5-12(18)16-17-13(19)7-20-11-6-9(14)3-4-10(11)15/h3-4,6,8H,5,7H2,1-2H3,(H,16,18)(H,17,19). The van der Waals surface area contributed by atoms with Gasteiger partial charge in [0, 0.05) is 16.3 Å². The first-order chi connectivity index (χ1) is 9.38. The van der Waals surface area contributed by atoms with Gasteiger partial charge >= 0.3 is 0 Å². The summed E-state index contributed by atoms with van der Waals surface area (Å²) in [6.45, 7) is 3.86. The largest absolute Gasteiger partial charge is 0.273 e. The minimum Gasteiger partial charge on any atom is -0.273 e. The molecule has 0 radical (unpaired) electrons. The lowest BCUT2D eigenvalue weighted by Gasteiger charge is -2.09. The van der Waals surface area contributed by atoms with E-state index < -0.39 is 0 Å². The van der Waals surface area contributed by atoms with Gasteiger partial charge in [-0.05, 0) is 24.1 Å². The summed E-state index contributed by atoms with van der Waals surface area (Å²) in [5, 5.41) is 1.10. The van der Waals surface area contributed by atoms with Crippen LogP contribution >= 0.6 is 35.0 Å². The summed E-state index contributed by atoms with van der Waals surface area (Å²) in [6, 6.07) is 5.05. The number of hydrogen-bond donors (Lipinski definition) is 2. The van der Waals surface area contributed by atoms with Gasteiger partial charge in [0.25, 0.3) is 0 Å². The lowest BCUT2D eigenvalue weighted by molar-refractivity contribution is -0.128. The fourth-order valence-electron chi connectivity index (χ4n) is 1.33. The smallest absolute Gasteiger partial charge is 0.248 e. The molecule has 0 aromatic heterocycles. The van der Waals surface area contributed by atoms with Crippen LogP contribution in [0.25, 0.3) is 0 Å². The Labute approximate surface area is 132 Å². The van der Waals surface area contributed by atoms with Crippen LogP contribution in [0.4, 0.5) is 0 Å². The summed E-state index contributed by atoms with van der Waals surface area (Å²) < 4.78 is 0. The molecule has 110 valence electrons. The van der Waals surface area contributed by atoms with Gasteiger partial charge in [-0.3, -0.25) is 20.4 Å². The molecular formula is C13H16Cl2N2O2S. The number of halogens is 2. The highest BCUT2D eigenvalue weighted by Crippen LogP contribution is 2.29. The Bertz CT molecular complexity index is 495. The highest BCUT2D eigenvalue weighted by atomic mass is 35.5. The number of hydrazine groups is 1. The summed E-state index contributed by atoms with van der Waals surface area (Å²) >= 11 is 13.1. The number of carbonyl (C=O) groups is 2. The summed E-state index contributed by atoms with van der Waals surface area (Å²) in [5.41, 5.74) is 4.72. The van der Waals surface area contributed by atoms with Crippen LogP contribution in [0, 0.1) is 5.92 Å². The van der Waals surface area contributed by atoms with E-state index in [1.165, 1.54) is 11.8 Å². The predicted molar refractivity (Wildman–Crippen MR) is 82.9 cm³/mol. The molecule has 2 N–H and O–H groups in total. The van der Waals surface area contributed by atoms with Crippen LogP contribution in [0.2, 0.25) is 10.0 Å². The van der Waals surface area contributed by atoms with E-state index in [-0.39, 0.29) is 23.5 Å². The summed E-state index contributed by atoms with van der Waals surface area (Å²) in [5.74, 6) is -0.129. The highest BCUT2D eigenvalue weighted by molar-refractivity contribution is 8.00. The Kier molecular flexibility index (Phi) is 7.19. The predicted octanol–water partition coefficient (Wildman–Crippen LogP) is 3.28. The van der Waals surface area contributed by atoms with Crippen molar-refractivity contribution in [2.75, 3.05) is 5.75 Å². The number of rotatable bonds is 5. The van der Waals surface area contributed by atoms with E-state index in [4.69, 9.17) is 23.2 Å². The van der Waals surface area contributed by atoms with Gasteiger partial charge in [0.05, 0.1) is 10.8 Å². The summed E-state index contributed by atoms with van der Waals surface area (Å²) in [7, 11) is 0. The number of hydrogen-bond acceptors (Lipinski definition) is 3. The molecule has 20 heavy (non-hydrogen) atoms. The van der Waals surface area contributed by atoms with Crippen LogP contribution < -0.4 is 10.9 Å². The van der Waals surface area contributed by atoms with Crippen molar-refractivity contribution in [3.63, 3.8) is 0 Å². The molecule has 4 nitrogen and oxygen atoms in total. The first-order valence-corrected chi connectivity index (χ1v) is 7.78. The first-order valence-electron chi connectivity index (χ1n) is 6.04. The van der Waals surface area contributed by atoms with Crippen molar-refractivity contribution in [2.45, 2.75) is 25.2 Å². The minimum atomic E-state index is -0.303. The second kappa shape index (κ2) is 8.39. The molecule has 7 heteroatoms. The normalized spacial score (nSPS) is 10.4. The quantitative estimate of drug-likeness (QED) is 0.641. The molecule has 0 fully saturated rings. The monoisotopic (exact) mass is 334 g/mol. The number of amides is 2. The van der Waals surface area contributed by atoms with Crippen molar-refractivity contribution in [1.29, 1.82) is 0 Å². The molecule has 1 aromatic rings. The third kappa shape index (κ3) is 6.50. The average Bonchev–Trinajstić information content (AvgIpc) is 2.36. The lowest BCUT2D eigenvalue weighted by Crippen LogP contribution is -2.42. The van der Waals surface area contributed by atoms with E-state index in [0.717, 1.165) is 4.90 Å². The number of benzene rings is 1. The van der Waals surface area contributed by atoms with Gasteiger partial charge < -0.3 is 0 Å². The van der Waals surface area contributed by atoms with Crippen molar-refractivity contribution >= 4 is 46.8 Å². The second-order valence-electron chi connectivity index (χ2n) is 4.56. The van der Waals surface area contributed by atoms with Crippen LogP contribution in [0.5, 0.6) is 0 Å². The van der Waals surface area contributed by atoms with E-state index >= 15 is 0 Å². The average molecular weight is 335 g/mol. The topological polar surface area (TPSA) is 58.2 Å².